The first kappa shape index (κ1) is 17.3. The second kappa shape index (κ2) is 6.76. The van der Waals surface area contributed by atoms with Crippen LogP contribution in [0.2, 0.25) is 0 Å². The number of aryl methyl sites for hydroxylation is 1. The second-order valence-corrected chi connectivity index (χ2v) is 7.93. The summed E-state index contributed by atoms with van der Waals surface area (Å²) in [6, 6.07) is 7.74. The van der Waals surface area contributed by atoms with Crippen molar-refractivity contribution in [3.05, 3.63) is 58.1 Å². The summed E-state index contributed by atoms with van der Waals surface area (Å²) in [5.74, 6) is -0.122. The van der Waals surface area contributed by atoms with Gasteiger partial charge in [-0.15, -0.1) is 11.3 Å². The van der Waals surface area contributed by atoms with Crippen LogP contribution in [0.15, 0.2) is 36.9 Å². The Labute approximate surface area is 150 Å². The highest BCUT2D eigenvalue weighted by molar-refractivity contribution is 7.14. The number of anilines is 1. The summed E-state index contributed by atoms with van der Waals surface area (Å²) in [4.78, 5) is 21.8. The molecular formula is C18H21N5OS. The van der Waals surface area contributed by atoms with E-state index >= 15 is 0 Å². The molecule has 3 aromatic rings. The van der Waals surface area contributed by atoms with Crippen molar-refractivity contribution in [3.8, 4) is 0 Å². The molecule has 0 unspecified atom stereocenters. The molecule has 130 valence electrons. The molecule has 0 saturated carbocycles. The van der Waals surface area contributed by atoms with Crippen molar-refractivity contribution in [2.75, 3.05) is 5.32 Å². The number of hydrogen-bond acceptors (Lipinski definition) is 5. The number of carbonyl (C=O) groups excluding carboxylic acids is 1. The number of nitrogens with one attached hydrogen (secondary N) is 1. The van der Waals surface area contributed by atoms with E-state index in [0.717, 1.165) is 22.0 Å². The van der Waals surface area contributed by atoms with Crippen LogP contribution in [0.25, 0.3) is 0 Å². The number of rotatable bonds is 4. The third kappa shape index (κ3) is 4.11. The van der Waals surface area contributed by atoms with Gasteiger partial charge in [-0.1, -0.05) is 32.9 Å². The fourth-order valence-electron chi connectivity index (χ4n) is 2.36. The van der Waals surface area contributed by atoms with Crippen molar-refractivity contribution in [1.82, 2.24) is 19.7 Å². The molecule has 1 N–H and O–H groups in total. The van der Waals surface area contributed by atoms with E-state index in [0.29, 0.717) is 11.4 Å². The minimum atomic E-state index is -0.122. The SMILES string of the molecule is Cc1nc(C(C)(C)C)sc1C(=O)Nc1cccc(Cn2cncn2)c1. The van der Waals surface area contributed by atoms with Gasteiger partial charge in [-0.05, 0) is 24.6 Å². The van der Waals surface area contributed by atoms with Crippen LogP contribution < -0.4 is 5.32 Å². The molecule has 0 aliphatic heterocycles. The van der Waals surface area contributed by atoms with Gasteiger partial charge >= 0.3 is 0 Å². The van der Waals surface area contributed by atoms with Gasteiger partial charge < -0.3 is 5.32 Å². The zero-order valence-electron chi connectivity index (χ0n) is 14.8. The van der Waals surface area contributed by atoms with Crippen molar-refractivity contribution in [3.63, 3.8) is 0 Å². The van der Waals surface area contributed by atoms with E-state index in [4.69, 9.17) is 0 Å². The summed E-state index contributed by atoms with van der Waals surface area (Å²) in [6.45, 7) is 8.78. The number of aromatic nitrogens is 4. The largest absolute Gasteiger partial charge is 0.321 e. The van der Waals surface area contributed by atoms with Crippen molar-refractivity contribution < 1.29 is 4.79 Å². The van der Waals surface area contributed by atoms with Crippen LogP contribution in [0.3, 0.4) is 0 Å². The summed E-state index contributed by atoms with van der Waals surface area (Å²) in [5.41, 5.74) is 2.50. The fourth-order valence-corrected chi connectivity index (χ4v) is 3.38. The molecule has 6 nitrogen and oxygen atoms in total. The number of hydrogen-bond donors (Lipinski definition) is 1. The first-order valence-corrected chi connectivity index (χ1v) is 8.85. The van der Waals surface area contributed by atoms with E-state index in [-0.39, 0.29) is 11.3 Å². The third-order valence-corrected chi connectivity index (χ3v) is 5.22. The normalized spacial score (nSPS) is 11.5. The average Bonchev–Trinajstić information content (AvgIpc) is 3.16. The zero-order chi connectivity index (χ0) is 18.0. The number of amides is 1. The lowest BCUT2D eigenvalue weighted by Gasteiger charge is -2.13. The molecule has 1 aromatic carbocycles. The summed E-state index contributed by atoms with van der Waals surface area (Å²) < 4.78 is 1.74. The maximum atomic E-state index is 12.6. The quantitative estimate of drug-likeness (QED) is 0.775. The molecule has 0 atom stereocenters. The molecule has 0 fully saturated rings. The van der Waals surface area contributed by atoms with Gasteiger partial charge in [0.05, 0.1) is 17.2 Å². The Kier molecular flexibility index (Phi) is 4.67. The zero-order valence-corrected chi connectivity index (χ0v) is 15.6. The van der Waals surface area contributed by atoms with Gasteiger partial charge in [0.25, 0.3) is 5.91 Å². The Morgan fingerprint density at radius 1 is 1.32 bits per heavy atom. The van der Waals surface area contributed by atoms with E-state index in [1.54, 1.807) is 11.0 Å². The van der Waals surface area contributed by atoms with Crippen LogP contribution in [-0.4, -0.2) is 25.7 Å². The van der Waals surface area contributed by atoms with E-state index in [9.17, 15) is 4.79 Å². The van der Waals surface area contributed by atoms with Gasteiger partial charge in [0, 0.05) is 11.1 Å². The average molecular weight is 355 g/mol. The van der Waals surface area contributed by atoms with Crippen molar-refractivity contribution in [2.24, 2.45) is 0 Å². The number of nitrogens with zero attached hydrogens (tertiary/aromatic N) is 4. The molecule has 2 heterocycles. The summed E-state index contributed by atoms with van der Waals surface area (Å²) >= 11 is 1.46. The lowest BCUT2D eigenvalue weighted by Crippen LogP contribution is -2.12. The van der Waals surface area contributed by atoms with E-state index < -0.39 is 0 Å². The van der Waals surface area contributed by atoms with Crippen LogP contribution in [0.1, 0.15) is 46.7 Å². The van der Waals surface area contributed by atoms with Crippen molar-refractivity contribution in [2.45, 2.75) is 39.7 Å². The van der Waals surface area contributed by atoms with Crippen LogP contribution in [0, 0.1) is 6.92 Å². The van der Waals surface area contributed by atoms with Crippen LogP contribution >= 0.6 is 11.3 Å². The molecule has 0 aliphatic rings. The molecular weight excluding hydrogens is 334 g/mol. The van der Waals surface area contributed by atoms with E-state index in [1.165, 1.54) is 17.7 Å². The smallest absolute Gasteiger partial charge is 0.267 e. The molecule has 1 amide bonds. The monoisotopic (exact) mass is 355 g/mol. The number of carbonyl (C=O) groups is 1. The van der Waals surface area contributed by atoms with Gasteiger partial charge in [-0.2, -0.15) is 5.10 Å². The number of thiazole rings is 1. The molecule has 3 rings (SSSR count). The Balaban J connectivity index is 1.76. The number of benzene rings is 1. The van der Waals surface area contributed by atoms with Crippen molar-refractivity contribution >= 4 is 22.9 Å². The minimum absolute atomic E-state index is 0.0638. The van der Waals surface area contributed by atoms with E-state index in [2.05, 4.69) is 41.2 Å². The molecule has 0 bridgehead atoms. The maximum absolute atomic E-state index is 12.6. The Hall–Kier alpha value is -2.54. The predicted molar refractivity (Wildman–Crippen MR) is 99.1 cm³/mol. The molecule has 25 heavy (non-hydrogen) atoms. The summed E-state index contributed by atoms with van der Waals surface area (Å²) in [5, 5.41) is 8.04. The predicted octanol–water partition coefficient (Wildman–Crippen LogP) is 3.64. The van der Waals surface area contributed by atoms with Crippen LogP contribution in [-0.2, 0) is 12.0 Å². The Bertz CT molecular complexity index is 877. The minimum Gasteiger partial charge on any atom is -0.321 e. The summed E-state index contributed by atoms with van der Waals surface area (Å²) in [7, 11) is 0. The topological polar surface area (TPSA) is 72.7 Å². The molecule has 2 aromatic heterocycles. The fraction of sp³-hybridized carbons (Fsp3) is 0.333. The van der Waals surface area contributed by atoms with Gasteiger partial charge in [-0.3, -0.25) is 4.79 Å². The lowest BCUT2D eigenvalue weighted by molar-refractivity contribution is 0.103. The van der Waals surface area contributed by atoms with Gasteiger partial charge in [0.15, 0.2) is 0 Å². The molecule has 0 aliphatic carbocycles. The highest BCUT2D eigenvalue weighted by atomic mass is 32.1. The van der Waals surface area contributed by atoms with Crippen LogP contribution in [0.4, 0.5) is 5.69 Å². The Morgan fingerprint density at radius 3 is 2.76 bits per heavy atom. The maximum Gasteiger partial charge on any atom is 0.267 e. The highest BCUT2D eigenvalue weighted by Crippen LogP contribution is 2.29. The van der Waals surface area contributed by atoms with Crippen molar-refractivity contribution in [1.29, 1.82) is 0 Å². The molecule has 0 saturated heterocycles. The Morgan fingerprint density at radius 2 is 2.12 bits per heavy atom. The first-order valence-electron chi connectivity index (χ1n) is 8.03. The molecule has 0 spiro atoms. The van der Waals surface area contributed by atoms with Gasteiger partial charge in [0.1, 0.15) is 17.5 Å². The third-order valence-electron chi connectivity index (χ3n) is 3.64. The molecule has 7 heteroatoms. The van der Waals surface area contributed by atoms with Gasteiger partial charge in [0.2, 0.25) is 0 Å². The summed E-state index contributed by atoms with van der Waals surface area (Å²) in [6.07, 6.45) is 3.17. The van der Waals surface area contributed by atoms with Gasteiger partial charge in [-0.25, -0.2) is 14.6 Å². The standard InChI is InChI=1S/C18H21N5OS/c1-12-15(25-17(21-12)18(2,3)4)16(24)22-14-7-5-6-13(8-14)9-23-11-19-10-20-23/h5-8,10-11H,9H2,1-4H3,(H,22,24). The highest BCUT2D eigenvalue weighted by Gasteiger charge is 2.23. The van der Waals surface area contributed by atoms with Crippen LogP contribution in [0.5, 0.6) is 0 Å². The first-order chi connectivity index (χ1) is 11.8. The second-order valence-electron chi connectivity index (χ2n) is 6.93. The molecule has 0 radical (unpaired) electrons. The van der Waals surface area contributed by atoms with E-state index in [1.807, 2.05) is 31.2 Å². The lowest BCUT2D eigenvalue weighted by atomic mass is 9.98.